The molecule has 0 unspecified atom stereocenters. The summed E-state index contributed by atoms with van der Waals surface area (Å²) >= 11 is 0. The molecule has 5 heteroatoms. The van der Waals surface area contributed by atoms with E-state index in [0.717, 1.165) is 0 Å². The van der Waals surface area contributed by atoms with Crippen LogP contribution in [0, 0.1) is 0 Å². The summed E-state index contributed by atoms with van der Waals surface area (Å²) in [6, 6.07) is 5.50. The Hall–Kier alpha value is -1.07. The first-order valence-corrected chi connectivity index (χ1v) is 4.33. The third-order valence-corrected chi connectivity index (χ3v) is 2.08. The van der Waals surface area contributed by atoms with Gasteiger partial charge in [-0.15, -0.1) is 0 Å². The molecule has 4 nitrogen and oxygen atoms in total. The average molecular weight is 171 g/mol. The molecule has 60 valence electrons. The Kier molecular flexibility index (Phi) is 1.84. The quantitative estimate of drug-likeness (QED) is 0.640. The van der Waals surface area contributed by atoms with Gasteiger partial charge >= 0.3 is 0 Å². The number of benzene rings is 1. The number of hydrogen-bond donors (Lipinski definition) is 1. The SMILES string of the molecule is [NH-]S(=O)(=O)c1ccc(N)cc1. The number of nitrogens with two attached hydrogens (primary N) is 1. The molecule has 0 heterocycles. The third-order valence-electron chi connectivity index (χ3n) is 1.19. The molecule has 0 aliphatic heterocycles. The molecule has 11 heavy (non-hydrogen) atoms. The van der Waals surface area contributed by atoms with Crippen molar-refractivity contribution in [2.24, 2.45) is 0 Å². The topological polar surface area (TPSA) is 84.0 Å². The maximum Gasteiger partial charge on any atom is 0.0987 e. The Morgan fingerprint density at radius 3 is 2.00 bits per heavy atom. The van der Waals surface area contributed by atoms with Crippen molar-refractivity contribution in [3.05, 3.63) is 29.4 Å². The summed E-state index contributed by atoms with van der Waals surface area (Å²) in [5.41, 5.74) is 5.80. The minimum atomic E-state index is -3.83. The largest absolute Gasteiger partial charge is 0.560 e. The van der Waals surface area contributed by atoms with Gasteiger partial charge in [0.2, 0.25) is 0 Å². The van der Waals surface area contributed by atoms with Crippen molar-refractivity contribution >= 4 is 15.7 Å². The van der Waals surface area contributed by atoms with E-state index >= 15 is 0 Å². The van der Waals surface area contributed by atoms with Crippen molar-refractivity contribution in [2.45, 2.75) is 4.90 Å². The van der Waals surface area contributed by atoms with Gasteiger partial charge in [0.1, 0.15) is 0 Å². The van der Waals surface area contributed by atoms with E-state index < -0.39 is 10.0 Å². The third kappa shape index (κ3) is 1.92. The van der Waals surface area contributed by atoms with Crippen molar-refractivity contribution in [2.75, 3.05) is 5.73 Å². The lowest BCUT2D eigenvalue weighted by Gasteiger charge is -2.03. The molecule has 0 aliphatic rings. The maximum absolute atomic E-state index is 10.6. The lowest BCUT2D eigenvalue weighted by Crippen LogP contribution is -1.92. The molecule has 0 saturated carbocycles. The summed E-state index contributed by atoms with van der Waals surface area (Å²) in [5.74, 6) is 0. The van der Waals surface area contributed by atoms with Crippen LogP contribution in [0.3, 0.4) is 0 Å². The monoisotopic (exact) mass is 171 g/mol. The second-order valence-electron chi connectivity index (χ2n) is 2.07. The second kappa shape index (κ2) is 2.52. The molecule has 0 fully saturated rings. The standard InChI is InChI=1S/C6H7N2O2S/c7-5-1-3-6(4-2-5)11(8,9)10/h1-4H,7H2,(H-,8,9,10)/q-1. The molecule has 0 radical (unpaired) electrons. The molecule has 0 atom stereocenters. The molecule has 0 saturated heterocycles. The van der Waals surface area contributed by atoms with Gasteiger partial charge in [-0.05, 0) is 24.3 Å². The fraction of sp³-hybridized carbons (Fsp3) is 0. The molecule has 0 bridgehead atoms. The van der Waals surface area contributed by atoms with Crippen molar-refractivity contribution in [1.29, 1.82) is 0 Å². The van der Waals surface area contributed by atoms with Gasteiger partial charge in [-0.3, -0.25) is 0 Å². The van der Waals surface area contributed by atoms with E-state index in [-0.39, 0.29) is 4.90 Å². The van der Waals surface area contributed by atoms with Gasteiger partial charge in [0.05, 0.1) is 10.0 Å². The van der Waals surface area contributed by atoms with Crippen molar-refractivity contribution in [1.82, 2.24) is 0 Å². The highest BCUT2D eigenvalue weighted by atomic mass is 32.2. The fourth-order valence-electron chi connectivity index (χ4n) is 0.647. The Morgan fingerprint density at radius 1 is 1.18 bits per heavy atom. The number of anilines is 1. The molecule has 1 aromatic rings. The van der Waals surface area contributed by atoms with Gasteiger partial charge in [0.25, 0.3) is 0 Å². The van der Waals surface area contributed by atoms with E-state index in [1.165, 1.54) is 24.3 Å². The van der Waals surface area contributed by atoms with E-state index in [0.29, 0.717) is 5.69 Å². The van der Waals surface area contributed by atoms with Gasteiger partial charge in [-0.2, -0.15) is 0 Å². The molecular formula is C6H7N2O2S-. The van der Waals surface area contributed by atoms with Crippen LogP contribution in [0.4, 0.5) is 5.69 Å². The van der Waals surface area contributed by atoms with E-state index in [1.54, 1.807) is 0 Å². The predicted octanol–water partition coefficient (Wildman–Crippen LogP) is 1.01. The molecule has 0 amide bonds. The summed E-state index contributed by atoms with van der Waals surface area (Å²) in [6.07, 6.45) is 0. The van der Waals surface area contributed by atoms with Crippen molar-refractivity contribution in [3.8, 4) is 0 Å². The summed E-state index contributed by atoms with van der Waals surface area (Å²) < 4.78 is 21.1. The van der Waals surface area contributed by atoms with Crippen molar-refractivity contribution in [3.63, 3.8) is 0 Å². The zero-order valence-electron chi connectivity index (χ0n) is 5.61. The minimum Gasteiger partial charge on any atom is -0.560 e. The Morgan fingerprint density at radius 2 is 1.64 bits per heavy atom. The van der Waals surface area contributed by atoms with E-state index in [9.17, 15) is 8.42 Å². The number of sulfonamides is 1. The molecule has 1 rings (SSSR count). The minimum absolute atomic E-state index is 0.0355. The fourth-order valence-corrected chi connectivity index (χ4v) is 1.14. The van der Waals surface area contributed by atoms with Gasteiger partial charge in [0, 0.05) is 10.6 Å². The van der Waals surface area contributed by atoms with Crippen LogP contribution in [0.5, 0.6) is 0 Å². The number of nitrogen functional groups attached to an aromatic ring is 1. The molecule has 0 spiro atoms. The maximum atomic E-state index is 10.6. The first-order valence-electron chi connectivity index (χ1n) is 2.85. The average Bonchev–Trinajstić information content (AvgIpc) is 1.86. The van der Waals surface area contributed by atoms with Crippen LogP contribution in [0.25, 0.3) is 5.14 Å². The normalized spacial score (nSPS) is 11.4. The van der Waals surface area contributed by atoms with Crippen LogP contribution >= 0.6 is 0 Å². The van der Waals surface area contributed by atoms with E-state index in [2.05, 4.69) is 0 Å². The summed E-state index contributed by atoms with van der Waals surface area (Å²) in [7, 11) is -3.83. The highest BCUT2D eigenvalue weighted by molar-refractivity contribution is 7.93. The zero-order chi connectivity index (χ0) is 8.48. The molecule has 0 aliphatic carbocycles. The lowest BCUT2D eigenvalue weighted by molar-refractivity contribution is 0.605. The van der Waals surface area contributed by atoms with Crippen LogP contribution in [-0.4, -0.2) is 8.42 Å². The van der Waals surface area contributed by atoms with Crippen LogP contribution < -0.4 is 5.73 Å². The predicted molar refractivity (Wildman–Crippen MR) is 42.4 cm³/mol. The summed E-state index contributed by atoms with van der Waals surface area (Å²) in [6.45, 7) is 0. The van der Waals surface area contributed by atoms with Gasteiger partial charge < -0.3 is 10.9 Å². The smallest absolute Gasteiger partial charge is 0.0987 e. The van der Waals surface area contributed by atoms with E-state index in [4.69, 9.17) is 10.9 Å². The van der Waals surface area contributed by atoms with Crippen LogP contribution in [-0.2, 0) is 10.0 Å². The first kappa shape index (κ1) is 8.03. The number of nitrogens with one attached hydrogen (secondary N) is 1. The van der Waals surface area contributed by atoms with E-state index in [1.807, 2.05) is 0 Å². The van der Waals surface area contributed by atoms with Gasteiger partial charge in [-0.1, -0.05) is 0 Å². The molecular weight excluding hydrogens is 164 g/mol. The Balaban J connectivity index is 3.20. The molecule has 1 aromatic carbocycles. The lowest BCUT2D eigenvalue weighted by atomic mass is 10.3. The van der Waals surface area contributed by atoms with Crippen LogP contribution in [0.1, 0.15) is 0 Å². The first-order chi connectivity index (χ1) is 5.00. The highest BCUT2D eigenvalue weighted by Gasteiger charge is 1.97. The van der Waals surface area contributed by atoms with Crippen LogP contribution in [0.2, 0.25) is 0 Å². The van der Waals surface area contributed by atoms with Gasteiger partial charge in [0.15, 0.2) is 0 Å². The Labute approximate surface area is 64.9 Å². The zero-order valence-corrected chi connectivity index (χ0v) is 6.43. The summed E-state index contributed by atoms with van der Waals surface area (Å²) in [5, 5.41) is 6.67. The van der Waals surface area contributed by atoms with Crippen LogP contribution in [0.15, 0.2) is 29.2 Å². The van der Waals surface area contributed by atoms with Gasteiger partial charge in [-0.25, -0.2) is 8.42 Å². The highest BCUT2D eigenvalue weighted by Crippen LogP contribution is 2.12. The van der Waals surface area contributed by atoms with Crippen molar-refractivity contribution < 1.29 is 8.42 Å². The Bertz CT molecular complexity index is 341. The number of rotatable bonds is 1. The summed E-state index contributed by atoms with van der Waals surface area (Å²) in [4.78, 5) is -0.0355. The second-order valence-corrected chi connectivity index (χ2v) is 3.55. The molecule has 3 N–H and O–H groups in total. The number of hydrogen-bond acceptors (Lipinski definition) is 3. The molecule has 0 aromatic heterocycles.